The summed E-state index contributed by atoms with van der Waals surface area (Å²) in [5.74, 6) is -0.00330. The van der Waals surface area contributed by atoms with E-state index in [1.165, 1.54) is 0 Å². The molecule has 3 heterocycles. The quantitative estimate of drug-likeness (QED) is 0.513. The van der Waals surface area contributed by atoms with Gasteiger partial charge in [0.1, 0.15) is 5.69 Å². The van der Waals surface area contributed by atoms with E-state index in [9.17, 15) is 9.59 Å². The predicted molar refractivity (Wildman–Crippen MR) is 109 cm³/mol. The van der Waals surface area contributed by atoms with Crippen LogP contribution in [0.5, 0.6) is 0 Å². The van der Waals surface area contributed by atoms with Gasteiger partial charge in [0.05, 0.1) is 18.2 Å². The number of fused-ring (bicyclic) bond motifs is 1. The third-order valence-corrected chi connectivity index (χ3v) is 7.01. The molecule has 0 unspecified atom stereocenters. The van der Waals surface area contributed by atoms with E-state index in [1.54, 1.807) is 0 Å². The Kier molecular flexibility index (Phi) is 6.43. The summed E-state index contributed by atoms with van der Waals surface area (Å²) in [6.07, 6.45) is 5.55. The Hall–Kier alpha value is -1.93. The molecule has 0 aromatic carbocycles. The van der Waals surface area contributed by atoms with Gasteiger partial charge >= 0.3 is 5.97 Å². The first-order valence-corrected chi connectivity index (χ1v) is 11.3. The van der Waals surface area contributed by atoms with Crippen molar-refractivity contribution in [3.05, 3.63) is 17.0 Å². The highest BCUT2D eigenvalue weighted by atomic mass is 16.5. The molecular formula is C22H33N3O5. The van der Waals surface area contributed by atoms with E-state index in [-0.39, 0.29) is 35.7 Å². The van der Waals surface area contributed by atoms with Crippen LogP contribution in [-0.4, -0.2) is 59.7 Å². The number of nitrogens with zero attached hydrogens (tertiary/aromatic N) is 2. The highest BCUT2D eigenvalue weighted by molar-refractivity contribution is 5.94. The summed E-state index contributed by atoms with van der Waals surface area (Å²) < 4.78 is 12.8. The number of aliphatic hydroxyl groups is 1. The zero-order chi connectivity index (χ0) is 21.1. The summed E-state index contributed by atoms with van der Waals surface area (Å²) in [5.41, 5.74) is 2.74. The van der Waals surface area contributed by atoms with Crippen molar-refractivity contribution in [3.63, 3.8) is 0 Å². The number of esters is 1. The van der Waals surface area contributed by atoms with Crippen LogP contribution >= 0.6 is 0 Å². The number of hydrogen-bond donors (Lipinski definition) is 2. The van der Waals surface area contributed by atoms with Crippen molar-refractivity contribution in [2.24, 2.45) is 17.3 Å². The second kappa shape index (κ2) is 9.06. The van der Waals surface area contributed by atoms with Gasteiger partial charge in [-0.25, -0.2) is 0 Å². The molecule has 8 heteroatoms. The van der Waals surface area contributed by atoms with Crippen LogP contribution in [0, 0.1) is 17.3 Å². The van der Waals surface area contributed by atoms with Gasteiger partial charge in [-0.1, -0.05) is 0 Å². The van der Waals surface area contributed by atoms with Gasteiger partial charge in [-0.3, -0.25) is 14.3 Å². The minimum Gasteiger partial charge on any atom is -0.465 e. The lowest BCUT2D eigenvalue weighted by Crippen LogP contribution is -2.40. The van der Waals surface area contributed by atoms with Gasteiger partial charge < -0.3 is 19.9 Å². The van der Waals surface area contributed by atoms with E-state index in [1.807, 2.05) is 11.6 Å². The Balaban J connectivity index is 1.40. The lowest BCUT2D eigenvalue weighted by Gasteiger charge is -2.36. The van der Waals surface area contributed by atoms with Gasteiger partial charge in [0.15, 0.2) is 0 Å². The molecular weight excluding hydrogens is 386 g/mol. The summed E-state index contributed by atoms with van der Waals surface area (Å²) in [6, 6.07) is 0. The van der Waals surface area contributed by atoms with E-state index in [2.05, 4.69) is 5.32 Å². The summed E-state index contributed by atoms with van der Waals surface area (Å²) in [5, 5.41) is 16.9. The van der Waals surface area contributed by atoms with Gasteiger partial charge in [-0.05, 0) is 63.2 Å². The smallest absolute Gasteiger partial charge is 0.308 e. The highest BCUT2D eigenvalue weighted by Gasteiger charge is 2.39. The van der Waals surface area contributed by atoms with Crippen LogP contribution in [-0.2, 0) is 33.7 Å². The summed E-state index contributed by atoms with van der Waals surface area (Å²) in [4.78, 5) is 24.9. The molecule has 2 aliphatic heterocycles. The second-order valence-corrected chi connectivity index (χ2v) is 9.05. The maximum Gasteiger partial charge on any atom is 0.308 e. The van der Waals surface area contributed by atoms with Crippen molar-refractivity contribution < 1.29 is 24.2 Å². The monoisotopic (exact) mass is 419 g/mol. The van der Waals surface area contributed by atoms with Gasteiger partial charge in [0, 0.05) is 38.5 Å². The molecule has 0 radical (unpaired) electrons. The molecule has 30 heavy (non-hydrogen) atoms. The molecule has 1 spiro atoms. The van der Waals surface area contributed by atoms with E-state index in [0.29, 0.717) is 38.2 Å². The first kappa shape index (κ1) is 21.3. The molecule has 1 aromatic heterocycles. The van der Waals surface area contributed by atoms with Crippen molar-refractivity contribution in [1.82, 2.24) is 15.1 Å². The maximum atomic E-state index is 12.8. The van der Waals surface area contributed by atoms with Crippen molar-refractivity contribution in [2.75, 3.05) is 33.0 Å². The van der Waals surface area contributed by atoms with E-state index in [0.717, 1.165) is 56.6 Å². The summed E-state index contributed by atoms with van der Waals surface area (Å²) in [7, 11) is 0. The molecule has 1 saturated carbocycles. The first-order chi connectivity index (χ1) is 14.5. The molecule has 2 fully saturated rings. The third-order valence-electron chi connectivity index (χ3n) is 7.01. The first-order valence-electron chi connectivity index (χ1n) is 11.3. The normalized spacial score (nSPS) is 25.2. The van der Waals surface area contributed by atoms with Crippen LogP contribution in [0.3, 0.4) is 0 Å². The molecule has 4 rings (SSSR count). The van der Waals surface area contributed by atoms with E-state index < -0.39 is 0 Å². The molecule has 2 N–H and O–H groups in total. The topological polar surface area (TPSA) is 103 Å². The van der Waals surface area contributed by atoms with Gasteiger partial charge in [-0.15, -0.1) is 0 Å². The fourth-order valence-corrected chi connectivity index (χ4v) is 4.97. The molecule has 166 valence electrons. The number of hydrogen-bond acceptors (Lipinski definition) is 6. The zero-order valence-electron chi connectivity index (χ0n) is 17.8. The fourth-order valence-electron chi connectivity index (χ4n) is 4.97. The Morgan fingerprint density at radius 1 is 1.37 bits per heavy atom. The van der Waals surface area contributed by atoms with Gasteiger partial charge in [0.2, 0.25) is 0 Å². The zero-order valence-corrected chi connectivity index (χ0v) is 17.8. The van der Waals surface area contributed by atoms with Gasteiger partial charge in [0.25, 0.3) is 5.91 Å². The minimum absolute atomic E-state index is 0.0372. The van der Waals surface area contributed by atoms with Crippen LogP contribution in [0.15, 0.2) is 0 Å². The van der Waals surface area contributed by atoms with Crippen LogP contribution in [0.2, 0.25) is 0 Å². The number of aryl methyl sites for hydroxylation is 2. The number of carbonyl (C=O) groups excluding carboxylic acids is 2. The fraction of sp³-hybridized carbons (Fsp3) is 0.773. The predicted octanol–water partition coefficient (Wildman–Crippen LogP) is 1.48. The lowest BCUT2D eigenvalue weighted by molar-refractivity contribution is -0.154. The minimum atomic E-state index is -0.154. The summed E-state index contributed by atoms with van der Waals surface area (Å²) >= 11 is 0. The molecule has 1 amide bonds. The highest BCUT2D eigenvalue weighted by Crippen LogP contribution is 2.38. The van der Waals surface area contributed by atoms with Crippen LogP contribution in [0.4, 0.5) is 0 Å². The van der Waals surface area contributed by atoms with Crippen LogP contribution in [0.1, 0.15) is 60.8 Å². The van der Waals surface area contributed by atoms with Gasteiger partial charge in [-0.2, -0.15) is 5.10 Å². The largest absolute Gasteiger partial charge is 0.465 e. The molecule has 1 aliphatic carbocycles. The average Bonchev–Trinajstić information content (AvgIpc) is 2.99. The average molecular weight is 420 g/mol. The number of amides is 1. The molecule has 1 saturated heterocycles. The number of nitrogens with one attached hydrogen (secondary N) is 1. The molecule has 0 bridgehead atoms. The number of rotatable bonds is 7. The Labute approximate surface area is 177 Å². The molecule has 3 aliphatic rings. The Morgan fingerprint density at radius 3 is 2.83 bits per heavy atom. The summed E-state index contributed by atoms with van der Waals surface area (Å²) in [6.45, 7) is 5.30. The van der Waals surface area contributed by atoms with Crippen molar-refractivity contribution in [2.45, 2.75) is 58.4 Å². The maximum absolute atomic E-state index is 12.8. The number of aliphatic hydroxyl groups excluding tert-OH is 1. The van der Waals surface area contributed by atoms with E-state index >= 15 is 0 Å². The van der Waals surface area contributed by atoms with Crippen molar-refractivity contribution in [3.8, 4) is 0 Å². The molecule has 1 aromatic rings. The number of aromatic nitrogens is 2. The second-order valence-electron chi connectivity index (χ2n) is 9.05. The molecule has 8 nitrogen and oxygen atoms in total. The Bertz CT molecular complexity index is 778. The van der Waals surface area contributed by atoms with Crippen LogP contribution in [0.25, 0.3) is 0 Å². The number of ether oxygens (including phenoxy) is 2. The van der Waals surface area contributed by atoms with E-state index in [4.69, 9.17) is 19.7 Å². The van der Waals surface area contributed by atoms with Crippen molar-refractivity contribution >= 4 is 11.9 Å². The molecule has 0 atom stereocenters. The third kappa shape index (κ3) is 4.25. The van der Waals surface area contributed by atoms with Crippen LogP contribution < -0.4 is 5.32 Å². The standard InChI is InChI=1S/C22H33N3O5/c1-2-25-19-17(12-22(14-23-20(19)27)5-8-29-9-6-22)18(24-25)4-3-7-30-21(28)16-10-15(11-16)13-26/h15-16,26H,2-14H2,1H3,(H,23,27)/t15-,16+. The van der Waals surface area contributed by atoms with Crippen molar-refractivity contribution in [1.29, 1.82) is 0 Å². The number of carbonyl (C=O) groups is 2. The lowest BCUT2D eigenvalue weighted by atomic mass is 9.75. The Morgan fingerprint density at radius 2 is 2.13 bits per heavy atom. The SMILES string of the molecule is CCn1nc(CCCOC(=O)[C@H]2C[C@@H](CO)C2)c2c1C(=O)NCC1(CCOCC1)C2.